The van der Waals surface area contributed by atoms with E-state index in [0.717, 1.165) is 0 Å². The second kappa shape index (κ2) is 5.77. The highest BCUT2D eigenvalue weighted by molar-refractivity contribution is 5.47. The number of methoxy groups -OCH3 is 1. The van der Waals surface area contributed by atoms with Crippen LogP contribution >= 0.6 is 0 Å². The molecule has 20 heavy (non-hydrogen) atoms. The van der Waals surface area contributed by atoms with Crippen molar-refractivity contribution in [2.45, 2.75) is 6.54 Å². The Hall–Kier alpha value is -2.31. The molecule has 0 atom stereocenters. The van der Waals surface area contributed by atoms with Gasteiger partial charge in [0.2, 0.25) is 11.6 Å². The molecule has 0 radical (unpaired) electrons. The van der Waals surface area contributed by atoms with Gasteiger partial charge >= 0.3 is 0 Å². The Bertz CT molecular complexity index is 608. The van der Waals surface area contributed by atoms with Crippen molar-refractivity contribution in [3.05, 3.63) is 53.4 Å². The van der Waals surface area contributed by atoms with Gasteiger partial charge in [-0.25, -0.2) is 0 Å². The maximum absolute atomic E-state index is 13.4. The molecule has 0 fully saturated rings. The van der Waals surface area contributed by atoms with Crippen LogP contribution in [0.1, 0.15) is 5.56 Å². The van der Waals surface area contributed by atoms with Gasteiger partial charge in [-0.2, -0.15) is 22.5 Å². The van der Waals surface area contributed by atoms with Crippen molar-refractivity contribution in [1.82, 2.24) is 4.98 Å². The second-order valence-corrected chi connectivity index (χ2v) is 3.86. The van der Waals surface area contributed by atoms with E-state index in [-0.39, 0.29) is 6.54 Å². The van der Waals surface area contributed by atoms with Crippen LogP contribution in [0.2, 0.25) is 0 Å². The monoisotopic (exact) mass is 286 g/mol. The van der Waals surface area contributed by atoms with Crippen molar-refractivity contribution in [3.63, 3.8) is 0 Å². The first-order chi connectivity index (χ1) is 9.54. The van der Waals surface area contributed by atoms with Crippen LogP contribution in [0.3, 0.4) is 0 Å². The fourth-order valence-corrected chi connectivity index (χ4v) is 1.67. The van der Waals surface area contributed by atoms with E-state index < -0.39 is 29.2 Å². The Kier molecular flexibility index (Phi) is 4.07. The Morgan fingerprint density at radius 1 is 1.05 bits per heavy atom. The summed E-state index contributed by atoms with van der Waals surface area (Å²) < 4.78 is 57.7. The quantitative estimate of drug-likeness (QED) is 0.692. The molecule has 2 rings (SSSR count). The smallest absolute Gasteiger partial charge is 0.253 e. The number of anilines is 1. The number of ether oxygens (including phenoxy) is 1. The van der Waals surface area contributed by atoms with E-state index in [1.165, 1.54) is 7.11 Å². The minimum absolute atomic E-state index is 0.0687. The molecule has 0 saturated heterocycles. The SMILES string of the molecule is COc1ccccc1CNc1c(F)c(F)nc(F)c1F. The molecule has 1 aromatic carbocycles. The van der Waals surface area contributed by atoms with E-state index in [0.29, 0.717) is 11.3 Å². The predicted octanol–water partition coefficient (Wildman–Crippen LogP) is 3.26. The van der Waals surface area contributed by atoms with Gasteiger partial charge in [0.1, 0.15) is 11.4 Å². The molecule has 3 nitrogen and oxygen atoms in total. The zero-order valence-corrected chi connectivity index (χ0v) is 10.4. The summed E-state index contributed by atoms with van der Waals surface area (Å²) in [5, 5.41) is 2.30. The van der Waals surface area contributed by atoms with Gasteiger partial charge in [-0.3, -0.25) is 0 Å². The molecule has 1 aromatic heterocycles. The molecule has 0 aliphatic heterocycles. The number of nitrogens with zero attached hydrogens (tertiary/aromatic N) is 1. The van der Waals surface area contributed by atoms with E-state index in [1.54, 1.807) is 24.3 Å². The van der Waals surface area contributed by atoms with Crippen LogP contribution in [0.25, 0.3) is 0 Å². The summed E-state index contributed by atoms with van der Waals surface area (Å²) in [7, 11) is 1.44. The van der Waals surface area contributed by atoms with Crippen LogP contribution in [0.4, 0.5) is 23.2 Å². The maximum atomic E-state index is 13.4. The number of hydrogen-bond acceptors (Lipinski definition) is 3. The first-order valence-electron chi connectivity index (χ1n) is 5.60. The fourth-order valence-electron chi connectivity index (χ4n) is 1.67. The number of hydrogen-bond donors (Lipinski definition) is 1. The molecule has 0 spiro atoms. The number of pyridine rings is 1. The topological polar surface area (TPSA) is 34.1 Å². The Morgan fingerprint density at radius 3 is 2.25 bits per heavy atom. The third-order valence-electron chi connectivity index (χ3n) is 2.65. The normalized spacial score (nSPS) is 10.4. The minimum Gasteiger partial charge on any atom is -0.496 e. The maximum Gasteiger partial charge on any atom is 0.253 e. The molecule has 0 aliphatic carbocycles. The Labute approximate surface area is 112 Å². The lowest BCUT2D eigenvalue weighted by atomic mass is 10.2. The molecule has 0 unspecified atom stereocenters. The van der Waals surface area contributed by atoms with Crippen LogP contribution in [-0.2, 0) is 6.54 Å². The molecular weight excluding hydrogens is 276 g/mol. The molecular formula is C13H10F4N2O. The zero-order chi connectivity index (χ0) is 14.7. The molecule has 1 N–H and O–H groups in total. The van der Waals surface area contributed by atoms with Crippen molar-refractivity contribution < 1.29 is 22.3 Å². The summed E-state index contributed by atoms with van der Waals surface area (Å²) in [5.74, 6) is -6.06. The van der Waals surface area contributed by atoms with Gasteiger partial charge < -0.3 is 10.1 Å². The van der Waals surface area contributed by atoms with Gasteiger partial charge in [0.25, 0.3) is 11.9 Å². The number of benzene rings is 1. The molecule has 7 heteroatoms. The molecule has 0 bridgehead atoms. The number of aromatic nitrogens is 1. The number of para-hydroxylation sites is 1. The number of nitrogens with one attached hydrogen (secondary N) is 1. The van der Waals surface area contributed by atoms with Gasteiger partial charge in [-0.05, 0) is 6.07 Å². The summed E-state index contributed by atoms with van der Waals surface area (Å²) in [4.78, 5) is 2.47. The number of rotatable bonds is 4. The van der Waals surface area contributed by atoms with Crippen molar-refractivity contribution >= 4 is 5.69 Å². The van der Waals surface area contributed by atoms with Gasteiger partial charge in [0.15, 0.2) is 0 Å². The summed E-state index contributed by atoms with van der Waals surface area (Å²) in [6.07, 6.45) is 0. The largest absolute Gasteiger partial charge is 0.496 e. The van der Waals surface area contributed by atoms with Gasteiger partial charge in [0.05, 0.1) is 7.11 Å². The van der Waals surface area contributed by atoms with Crippen LogP contribution < -0.4 is 10.1 Å². The van der Waals surface area contributed by atoms with Crippen LogP contribution in [-0.4, -0.2) is 12.1 Å². The van der Waals surface area contributed by atoms with E-state index in [4.69, 9.17) is 4.74 Å². The lowest BCUT2D eigenvalue weighted by molar-refractivity contribution is 0.407. The molecule has 0 amide bonds. The first kappa shape index (κ1) is 14.1. The lowest BCUT2D eigenvalue weighted by Crippen LogP contribution is -2.09. The van der Waals surface area contributed by atoms with Gasteiger partial charge in [-0.1, -0.05) is 18.2 Å². The lowest BCUT2D eigenvalue weighted by Gasteiger charge is -2.12. The summed E-state index contributed by atoms with van der Waals surface area (Å²) in [6, 6.07) is 6.71. The molecule has 2 aromatic rings. The third kappa shape index (κ3) is 2.66. The Balaban J connectivity index is 2.27. The minimum atomic E-state index is -1.70. The average molecular weight is 286 g/mol. The molecule has 0 aliphatic rings. The highest BCUT2D eigenvalue weighted by Gasteiger charge is 2.20. The summed E-state index contributed by atoms with van der Waals surface area (Å²) in [6.45, 7) is -0.0687. The predicted molar refractivity (Wildman–Crippen MR) is 64.4 cm³/mol. The molecule has 106 valence electrons. The van der Waals surface area contributed by atoms with E-state index >= 15 is 0 Å². The van der Waals surface area contributed by atoms with Crippen LogP contribution in [0.5, 0.6) is 5.75 Å². The van der Waals surface area contributed by atoms with Crippen LogP contribution in [0, 0.1) is 23.5 Å². The summed E-state index contributed by atoms with van der Waals surface area (Å²) in [5.41, 5.74) is -0.327. The second-order valence-electron chi connectivity index (χ2n) is 3.86. The number of halogens is 4. The Morgan fingerprint density at radius 2 is 1.65 bits per heavy atom. The van der Waals surface area contributed by atoms with Crippen LogP contribution in [0.15, 0.2) is 24.3 Å². The van der Waals surface area contributed by atoms with E-state index in [9.17, 15) is 17.6 Å². The van der Waals surface area contributed by atoms with Crippen molar-refractivity contribution in [3.8, 4) is 5.75 Å². The van der Waals surface area contributed by atoms with Crippen molar-refractivity contribution in [2.24, 2.45) is 0 Å². The highest BCUT2D eigenvalue weighted by Crippen LogP contribution is 2.24. The average Bonchev–Trinajstić information content (AvgIpc) is 2.45. The van der Waals surface area contributed by atoms with E-state index in [2.05, 4.69) is 10.3 Å². The molecule has 0 saturated carbocycles. The standard InChI is InChI=1S/C13H10F4N2O/c1-20-8-5-3-2-4-7(8)6-18-11-9(14)12(16)19-13(17)10(11)15/h2-5H,6H2,1H3,(H,18,19). The zero-order valence-electron chi connectivity index (χ0n) is 10.4. The van der Waals surface area contributed by atoms with Gasteiger partial charge in [0, 0.05) is 12.1 Å². The van der Waals surface area contributed by atoms with E-state index in [1.807, 2.05) is 0 Å². The fraction of sp³-hybridized carbons (Fsp3) is 0.154. The third-order valence-corrected chi connectivity index (χ3v) is 2.65. The molecule has 1 heterocycles. The van der Waals surface area contributed by atoms with Gasteiger partial charge in [-0.15, -0.1) is 0 Å². The summed E-state index contributed by atoms with van der Waals surface area (Å²) >= 11 is 0. The van der Waals surface area contributed by atoms with Crippen molar-refractivity contribution in [2.75, 3.05) is 12.4 Å². The highest BCUT2D eigenvalue weighted by atomic mass is 19.2. The first-order valence-corrected chi connectivity index (χ1v) is 5.60. The van der Waals surface area contributed by atoms with Crippen molar-refractivity contribution in [1.29, 1.82) is 0 Å².